The van der Waals surface area contributed by atoms with E-state index >= 15 is 0 Å². The molecular weight excluding hydrogens is 490 g/mol. The van der Waals surface area contributed by atoms with Gasteiger partial charge >= 0.3 is 5.97 Å². The van der Waals surface area contributed by atoms with Gasteiger partial charge in [-0.1, -0.05) is 31.8 Å². The summed E-state index contributed by atoms with van der Waals surface area (Å²) in [5.41, 5.74) is 2.94. The summed E-state index contributed by atoms with van der Waals surface area (Å²) in [6.07, 6.45) is 1.62. The average Bonchev–Trinajstić information content (AvgIpc) is 2.90. The maximum atomic E-state index is 12.7. The largest absolute Gasteiger partial charge is 0.480 e. The minimum atomic E-state index is -3.90. The number of nitrogens with one attached hydrogen (secondary N) is 1. The zero-order valence-electron chi connectivity index (χ0n) is 20.5. The quantitative estimate of drug-likeness (QED) is 0.481. The molecular formula is C27H27N5O4S. The van der Waals surface area contributed by atoms with Crippen LogP contribution in [0.4, 0.5) is 5.69 Å². The SMILES string of the molecule is CC(C)C(NS(=O)(=O)N1CCN(c2ccc(C#Cc3ccc4ccnc(C#N)c4c3)cc2)CC1)C(=O)O. The summed E-state index contributed by atoms with van der Waals surface area (Å²) in [4.78, 5) is 17.6. The van der Waals surface area contributed by atoms with Crippen molar-refractivity contribution in [1.82, 2.24) is 14.0 Å². The third-order valence-corrected chi connectivity index (χ3v) is 7.84. The maximum Gasteiger partial charge on any atom is 0.322 e. The van der Waals surface area contributed by atoms with Gasteiger partial charge in [0.2, 0.25) is 0 Å². The molecule has 3 aromatic rings. The van der Waals surface area contributed by atoms with E-state index in [4.69, 9.17) is 0 Å². The average molecular weight is 518 g/mol. The van der Waals surface area contributed by atoms with E-state index in [0.717, 1.165) is 27.6 Å². The van der Waals surface area contributed by atoms with Gasteiger partial charge in [0.1, 0.15) is 17.8 Å². The molecule has 0 bridgehead atoms. The Hall–Kier alpha value is -3.96. The van der Waals surface area contributed by atoms with Crippen molar-refractivity contribution in [2.45, 2.75) is 19.9 Å². The minimum absolute atomic E-state index is 0.253. The number of aromatic nitrogens is 1. The van der Waals surface area contributed by atoms with Gasteiger partial charge in [0, 0.05) is 54.6 Å². The molecule has 0 amide bonds. The number of fused-ring (bicyclic) bond motifs is 1. The summed E-state index contributed by atoms with van der Waals surface area (Å²) in [5.74, 6) is 4.71. The highest BCUT2D eigenvalue weighted by molar-refractivity contribution is 7.87. The van der Waals surface area contributed by atoms with Gasteiger partial charge in [0.25, 0.3) is 10.2 Å². The fourth-order valence-electron chi connectivity index (χ4n) is 4.13. The van der Waals surface area contributed by atoms with E-state index < -0.39 is 22.2 Å². The second-order valence-corrected chi connectivity index (χ2v) is 10.8. The van der Waals surface area contributed by atoms with E-state index in [-0.39, 0.29) is 19.0 Å². The molecule has 4 rings (SSSR count). The van der Waals surface area contributed by atoms with Crippen LogP contribution >= 0.6 is 0 Å². The summed E-state index contributed by atoms with van der Waals surface area (Å²) in [6, 6.07) is 16.2. The lowest BCUT2D eigenvalue weighted by Crippen LogP contribution is -2.55. The molecule has 9 nitrogen and oxygen atoms in total. The van der Waals surface area contributed by atoms with Gasteiger partial charge < -0.3 is 10.0 Å². The van der Waals surface area contributed by atoms with Crippen molar-refractivity contribution in [2.24, 2.45) is 5.92 Å². The molecule has 10 heteroatoms. The van der Waals surface area contributed by atoms with Crippen LogP contribution in [0.5, 0.6) is 0 Å². The zero-order valence-corrected chi connectivity index (χ0v) is 21.4. The lowest BCUT2D eigenvalue weighted by atomic mass is 10.1. The van der Waals surface area contributed by atoms with Crippen LogP contribution < -0.4 is 9.62 Å². The van der Waals surface area contributed by atoms with Crippen molar-refractivity contribution >= 4 is 32.6 Å². The predicted molar refractivity (Wildman–Crippen MR) is 141 cm³/mol. The molecule has 0 spiro atoms. The van der Waals surface area contributed by atoms with Crippen LogP contribution in [-0.4, -0.2) is 61.0 Å². The maximum absolute atomic E-state index is 12.7. The van der Waals surface area contributed by atoms with Gasteiger partial charge in [0.15, 0.2) is 0 Å². The number of benzene rings is 2. The number of hydrogen-bond acceptors (Lipinski definition) is 6. The zero-order chi connectivity index (χ0) is 26.6. The van der Waals surface area contributed by atoms with Crippen LogP contribution in [0.1, 0.15) is 30.7 Å². The Bertz CT molecular complexity index is 1510. The van der Waals surface area contributed by atoms with Crippen LogP contribution in [0.15, 0.2) is 54.7 Å². The number of anilines is 1. The Morgan fingerprint density at radius 2 is 1.68 bits per heavy atom. The predicted octanol–water partition coefficient (Wildman–Crippen LogP) is 2.57. The first-order valence-electron chi connectivity index (χ1n) is 11.8. The highest BCUT2D eigenvalue weighted by Gasteiger charge is 2.32. The molecule has 1 aromatic heterocycles. The lowest BCUT2D eigenvalue weighted by Gasteiger charge is -2.36. The Labute approximate surface area is 216 Å². The molecule has 2 heterocycles. The van der Waals surface area contributed by atoms with Crippen LogP contribution in [0.2, 0.25) is 0 Å². The first-order chi connectivity index (χ1) is 17.7. The molecule has 37 heavy (non-hydrogen) atoms. The molecule has 1 fully saturated rings. The summed E-state index contributed by atoms with van der Waals surface area (Å²) in [5, 5.41) is 20.3. The van der Waals surface area contributed by atoms with E-state index in [0.29, 0.717) is 18.8 Å². The van der Waals surface area contributed by atoms with E-state index in [1.807, 2.05) is 48.5 Å². The van der Waals surface area contributed by atoms with Crippen LogP contribution in [0.3, 0.4) is 0 Å². The van der Waals surface area contributed by atoms with Crippen LogP contribution in [-0.2, 0) is 15.0 Å². The Morgan fingerprint density at radius 1 is 1.03 bits per heavy atom. The Balaban J connectivity index is 1.40. The van der Waals surface area contributed by atoms with Crippen molar-refractivity contribution < 1.29 is 18.3 Å². The number of carbonyl (C=O) groups is 1. The van der Waals surface area contributed by atoms with Gasteiger partial charge in [-0.05, 0) is 53.8 Å². The van der Waals surface area contributed by atoms with Crippen LogP contribution in [0, 0.1) is 29.1 Å². The van der Waals surface area contributed by atoms with Crippen molar-refractivity contribution in [3.05, 3.63) is 71.5 Å². The van der Waals surface area contributed by atoms with Crippen molar-refractivity contribution in [3.63, 3.8) is 0 Å². The Kier molecular flexibility index (Phi) is 7.74. The number of pyridine rings is 1. The van der Waals surface area contributed by atoms with Crippen molar-refractivity contribution in [1.29, 1.82) is 5.26 Å². The standard InChI is InChI=1S/C27H27N5O4S/c1-19(2)26(27(33)34)30-37(35,36)32-15-13-31(14-16-32)23-9-6-20(7-10-23)3-4-21-5-8-22-11-12-29-25(18-28)24(22)17-21/h5-12,17,19,26,30H,13-16H2,1-2H3,(H,33,34). The number of aliphatic carboxylic acids is 1. The molecule has 1 atom stereocenters. The molecule has 0 saturated carbocycles. The number of carboxylic acid groups (broad SMARTS) is 1. The highest BCUT2D eigenvalue weighted by Crippen LogP contribution is 2.20. The normalized spacial score (nSPS) is 15.1. The summed E-state index contributed by atoms with van der Waals surface area (Å²) < 4.78 is 29.0. The van der Waals surface area contributed by atoms with E-state index in [2.05, 4.69) is 32.5 Å². The number of hydrogen-bond donors (Lipinski definition) is 2. The van der Waals surface area contributed by atoms with E-state index in [1.54, 1.807) is 20.0 Å². The van der Waals surface area contributed by atoms with Gasteiger partial charge in [-0.25, -0.2) is 4.98 Å². The molecule has 1 aliphatic heterocycles. The molecule has 1 saturated heterocycles. The van der Waals surface area contributed by atoms with Gasteiger partial charge in [-0.3, -0.25) is 4.79 Å². The molecule has 190 valence electrons. The smallest absolute Gasteiger partial charge is 0.322 e. The highest BCUT2D eigenvalue weighted by atomic mass is 32.2. The first kappa shape index (κ1) is 26.1. The molecule has 0 aliphatic carbocycles. The molecule has 1 unspecified atom stereocenters. The van der Waals surface area contributed by atoms with E-state index in [9.17, 15) is 23.6 Å². The fourth-order valence-corrected chi connectivity index (χ4v) is 5.62. The van der Waals surface area contributed by atoms with Gasteiger partial charge in [-0.2, -0.15) is 22.7 Å². The molecule has 2 aromatic carbocycles. The number of nitrogens with zero attached hydrogens (tertiary/aromatic N) is 4. The number of nitriles is 1. The number of piperazine rings is 1. The second-order valence-electron chi connectivity index (χ2n) is 9.07. The molecule has 1 aliphatic rings. The fraction of sp³-hybridized carbons (Fsp3) is 0.296. The summed E-state index contributed by atoms with van der Waals surface area (Å²) in [7, 11) is -3.90. The van der Waals surface area contributed by atoms with Crippen LogP contribution in [0.25, 0.3) is 10.8 Å². The molecule has 0 radical (unpaired) electrons. The summed E-state index contributed by atoms with van der Waals surface area (Å²) in [6.45, 7) is 4.80. The Morgan fingerprint density at radius 3 is 2.30 bits per heavy atom. The van der Waals surface area contributed by atoms with Crippen molar-refractivity contribution in [3.8, 4) is 17.9 Å². The lowest BCUT2D eigenvalue weighted by molar-refractivity contribution is -0.140. The molecule has 2 N–H and O–H groups in total. The number of carboxylic acids is 1. The monoisotopic (exact) mass is 517 g/mol. The van der Waals surface area contributed by atoms with Gasteiger partial charge in [0.05, 0.1) is 0 Å². The van der Waals surface area contributed by atoms with Gasteiger partial charge in [-0.15, -0.1) is 0 Å². The number of rotatable bonds is 6. The second kappa shape index (κ2) is 11.0. The van der Waals surface area contributed by atoms with E-state index in [1.165, 1.54) is 4.31 Å². The first-order valence-corrected chi connectivity index (χ1v) is 13.3. The topological polar surface area (TPSA) is 127 Å². The third-order valence-electron chi connectivity index (χ3n) is 6.24. The minimum Gasteiger partial charge on any atom is -0.480 e. The van der Waals surface area contributed by atoms with Crippen molar-refractivity contribution in [2.75, 3.05) is 31.1 Å². The third kappa shape index (κ3) is 6.07. The summed E-state index contributed by atoms with van der Waals surface area (Å²) >= 11 is 0.